The van der Waals surface area contributed by atoms with E-state index in [1.807, 2.05) is 0 Å². The number of halogens is 1. The van der Waals surface area contributed by atoms with Crippen LogP contribution >= 0.6 is 0 Å². The molecule has 4 nitrogen and oxygen atoms in total. The van der Waals surface area contributed by atoms with E-state index >= 15 is 0 Å². The molecule has 0 aliphatic carbocycles. The van der Waals surface area contributed by atoms with Crippen LogP contribution in [0.15, 0.2) is 42.6 Å². The molecule has 17 heavy (non-hydrogen) atoms. The highest BCUT2D eigenvalue weighted by Crippen LogP contribution is 2.21. The van der Waals surface area contributed by atoms with Crippen LogP contribution in [-0.4, -0.2) is 14.6 Å². The summed E-state index contributed by atoms with van der Waals surface area (Å²) in [5.41, 5.74) is 7.19. The lowest BCUT2D eigenvalue weighted by Gasteiger charge is -1.95. The van der Waals surface area contributed by atoms with Gasteiger partial charge in [0, 0.05) is 6.20 Å². The van der Waals surface area contributed by atoms with Gasteiger partial charge < -0.3 is 5.73 Å². The molecule has 2 N–H and O–H groups in total. The third kappa shape index (κ3) is 1.52. The van der Waals surface area contributed by atoms with E-state index in [0.717, 1.165) is 0 Å². The Labute approximate surface area is 96.5 Å². The minimum absolute atomic E-state index is 0.334. The summed E-state index contributed by atoms with van der Waals surface area (Å²) >= 11 is 0. The van der Waals surface area contributed by atoms with Crippen LogP contribution < -0.4 is 5.73 Å². The maximum atomic E-state index is 13.6. The van der Waals surface area contributed by atoms with Crippen LogP contribution in [0.5, 0.6) is 0 Å². The number of hydrogen-bond donors (Lipinski definition) is 1. The van der Waals surface area contributed by atoms with Crippen molar-refractivity contribution in [3.63, 3.8) is 0 Å². The molecule has 0 aliphatic heterocycles. The zero-order valence-electron chi connectivity index (χ0n) is 8.84. The highest BCUT2D eigenvalue weighted by Gasteiger charge is 2.11. The summed E-state index contributed by atoms with van der Waals surface area (Å²) in [6.45, 7) is 0. The second-order valence-electron chi connectivity index (χ2n) is 3.65. The largest absolute Gasteiger partial charge is 0.396 e. The van der Waals surface area contributed by atoms with E-state index in [1.54, 1.807) is 36.5 Å². The number of rotatable bonds is 1. The van der Waals surface area contributed by atoms with Crippen molar-refractivity contribution < 1.29 is 4.39 Å². The summed E-state index contributed by atoms with van der Waals surface area (Å²) in [4.78, 5) is 4.23. The molecule has 5 heteroatoms. The summed E-state index contributed by atoms with van der Waals surface area (Å²) in [5.74, 6) is -0.0111. The molecule has 3 aromatic rings. The van der Waals surface area contributed by atoms with Crippen LogP contribution in [0.1, 0.15) is 0 Å². The lowest BCUT2D eigenvalue weighted by Crippen LogP contribution is -1.92. The average molecular weight is 228 g/mol. The van der Waals surface area contributed by atoms with E-state index in [1.165, 1.54) is 10.6 Å². The molecule has 0 saturated carbocycles. The van der Waals surface area contributed by atoms with E-state index < -0.39 is 0 Å². The van der Waals surface area contributed by atoms with Gasteiger partial charge in [-0.1, -0.05) is 12.1 Å². The number of aromatic nitrogens is 3. The van der Waals surface area contributed by atoms with Crippen LogP contribution in [0, 0.1) is 5.82 Å². The zero-order valence-corrected chi connectivity index (χ0v) is 8.84. The standard InChI is InChI=1S/C12H9FN4/c13-9-5-2-1-4-8(9)11-15-12-10(14)6-3-7-17(12)16-11/h1-7H,14H2. The first kappa shape index (κ1) is 9.77. The number of nitrogen functional groups attached to an aromatic ring is 1. The molecule has 0 radical (unpaired) electrons. The van der Waals surface area contributed by atoms with Crippen molar-refractivity contribution in [1.82, 2.24) is 14.6 Å². The summed E-state index contributed by atoms with van der Waals surface area (Å²) in [5, 5.41) is 4.19. The molecule has 2 aromatic heterocycles. The number of fused-ring (bicyclic) bond motifs is 1. The Bertz CT molecular complexity index is 690. The van der Waals surface area contributed by atoms with Crippen molar-refractivity contribution in [3.8, 4) is 11.4 Å². The van der Waals surface area contributed by atoms with Crippen molar-refractivity contribution in [2.24, 2.45) is 0 Å². The average Bonchev–Trinajstić information content (AvgIpc) is 2.75. The van der Waals surface area contributed by atoms with E-state index in [4.69, 9.17) is 5.73 Å². The minimum atomic E-state index is -0.345. The molecule has 0 amide bonds. The second-order valence-corrected chi connectivity index (χ2v) is 3.65. The molecule has 0 fully saturated rings. The molecule has 84 valence electrons. The van der Waals surface area contributed by atoms with Crippen molar-refractivity contribution in [3.05, 3.63) is 48.4 Å². The number of nitrogens with two attached hydrogens (primary N) is 1. The van der Waals surface area contributed by atoms with Crippen molar-refractivity contribution >= 4 is 11.3 Å². The Morgan fingerprint density at radius 2 is 1.94 bits per heavy atom. The highest BCUT2D eigenvalue weighted by molar-refractivity contribution is 5.68. The van der Waals surface area contributed by atoms with Gasteiger partial charge in [0.25, 0.3) is 0 Å². The molecule has 0 aliphatic rings. The van der Waals surface area contributed by atoms with E-state index in [9.17, 15) is 4.39 Å². The Morgan fingerprint density at radius 3 is 2.71 bits per heavy atom. The molecular formula is C12H9FN4. The Morgan fingerprint density at radius 1 is 1.12 bits per heavy atom. The number of nitrogens with zero attached hydrogens (tertiary/aromatic N) is 3. The summed E-state index contributed by atoms with van der Waals surface area (Å²) in [7, 11) is 0. The van der Waals surface area contributed by atoms with Gasteiger partial charge in [0.15, 0.2) is 11.5 Å². The van der Waals surface area contributed by atoms with Gasteiger partial charge in [0.2, 0.25) is 0 Å². The van der Waals surface area contributed by atoms with Crippen molar-refractivity contribution in [1.29, 1.82) is 0 Å². The normalized spacial score (nSPS) is 10.9. The molecule has 2 heterocycles. The molecule has 0 bridgehead atoms. The summed E-state index contributed by atoms with van der Waals surface area (Å²) in [6, 6.07) is 9.89. The maximum Gasteiger partial charge on any atom is 0.185 e. The molecule has 0 saturated heterocycles. The van der Waals surface area contributed by atoms with Crippen LogP contribution in [-0.2, 0) is 0 Å². The van der Waals surface area contributed by atoms with E-state index in [2.05, 4.69) is 10.1 Å². The highest BCUT2D eigenvalue weighted by atomic mass is 19.1. The number of pyridine rings is 1. The van der Waals surface area contributed by atoms with Gasteiger partial charge in [-0.15, -0.1) is 5.10 Å². The van der Waals surface area contributed by atoms with E-state index in [0.29, 0.717) is 22.7 Å². The van der Waals surface area contributed by atoms with Crippen LogP contribution in [0.4, 0.5) is 10.1 Å². The lowest BCUT2D eigenvalue weighted by molar-refractivity contribution is 0.630. The smallest absolute Gasteiger partial charge is 0.185 e. The lowest BCUT2D eigenvalue weighted by atomic mass is 10.2. The van der Waals surface area contributed by atoms with Crippen molar-refractivity contribution in [2.75, 3.05) is 5.73 Å². The number of hydrogen-bond acceptors (Lipinski definition) is 3. The number of benzene rings is 1. The molecule has 0 atom stereocenters. The SMILES string of the molecule is Nc1cccn2nc(-c3ccccc3F)nc12. The summed E-state index contributed by atoms with van der Waals surface area (Å²) in [6.07, 6.45) is 1.73. The number of anilines is 1. The Hall–Kier alpha value is -2.43. The molecule has 0 unspecified atom stereocenters. The minimum Gasteiger partial charge on any atom is -0.396 e. The van der Waals surface area contributed by atoms with Gasteiger partial charge in [0.1, 0.15) is 5.82 Å². The van der Waals surface area contributed by atoms with Gasteiger partial charge in [-0.05, 0) is 24.3 Å². The van der Waals surface area contributed by atoms with Gasteiger partial charge in [-0.3, -0.25) is 0 Å². The van der Waals surface area contributed by atoms with Crippen molar-refractivity contribution in [2.45, 2.75) is 0 Å². The first-order valence-electron chi connectivity index (χ1n) is 5.11. The van der Waals surface area contributed by atoms with Gasteiger partial charge in [-0.2, -0.15) is 0 Å². The van der Waals surface area contributed by atoms with Gasteiger partial charge >= 0.3 is 0 Å². The Kier molecular flexibility index (Phi) is 2.04. The molecule has 0 spiro atoms. The third-order valence-corrected chi connectivity index (χ3v) is 2.51. The second kappa shape index (κ2) is 3.55. The fourth-order valence-electron chi connectivity index (χ4n) is 1.68. The molecule has 3 rings (SSSR count). The van der Waals surface area contributed by atoms with Crippen LogP contribution in [0.2, 0.25) is 0 Å². The first-order valence-corrected chi connectivity index (χ1v) is 5.11. The fourth-order valence-corrected chi connectivity index (χ4v) is 1.68. The van der Waals surface area contributed by atoms with E-state index in [-0.39, 0.29) is 5.82 Å². The third-order valence-electron chi connectivity index (χ3n) is 2.51. The zero-order chi connectivity index (χ0) is 11.8. The Balaban J connectivity index is 2.26. The molecule has 1 aromatic carbocycles. The topological polar surface area (TPSA) is 56.2 Å². The first-order chi connectivity index (χ1) is 8.25. The monoisotopic (exact) mass is 228 g/mol. The molecular weight excluding hydrogens is 219 g/mol. The predicted octanol–water partition coefficient (Wildman–Crippen LogP) is 2.12. The summed E-state index contributed by atoms with van der Waals surface area (Å²) < 4.78 is 15.1. The predicted molar refractivity (Wildman–Crippen MR) is 62.8 cm³/mol. The quantitative estimate of drug-likeness (QED) is 0.694. The van der Waals surface area contributed by atoms with Gasteiger partial charge in [0.05, 0.1) is 11.3 Å². The van der Waals surface area contributed by atoms with Crippen LogP contribution in [0.3, 0.4) is 0 Å². The van der Waals surface area contributed by atoms with Crippen LogP contribution in [0.25, 0.3) is 17.0 Å². The van der Waals surface area contributed by atoms with Gasteiger partial charge in [-0.25, -0.2) is 13.9 Å². The fraction of sp³-hybridized carbons (Fsp3) is 0. The maximum absolute atomic E-state index is 13.6.